The van der Waals surface area contributed by atoms with Gasteiger partial charge in [0.25, 0.3) is 5.89 Å². The molecule has 112 valence electrons. The molecule has 0 radical (unpaired) electrons. The third-order valence-electron chi connectivity index (χ3n) is 2.41. The third-order valence-corrected chi connectivity index (χ3v) is 2.41. The van der Waals surface area contributed by atoms with E-state index in [1.165, 1.54) is 6.92 Å². The van der Waals surface area contributed by atoms with Gasteiger partial charge in [-0.25, -0.2) is 9.18 Å². The van der Waals surface area contributed by atoms with Crippen LogP contribution in [0.1, 0.15) is 27.6 Å². The molecule has 0 amide bonds. The first-order valence-corrected chi connectivity index (χ1v) is 5.60. The van der Waals surface area contributed by atoms with Crippen LogP contribution in [0.2, 0.25) is 0 Å². The molecule has 0 saturated heterocycles. The molecule has 1 aromatic heterocycles. The van der Waals surface area contributed by atoms with Crippen molar-refractivity contribution in [2.45, 2.75) is 19.7 Å². The van der Waals surface area contributed by atoms with Crippen molar-refractivity contribution < 1.29 is 31.6 Å². The Bertz CT molecular complexity index is 667. The predicted molar refractivity (Wildman–Crippen MR) is 59.6 cm³/mol. The highest BCUT2D eigenvalue weighted by Crippen LogP contribution is 2.30. The van der Waals surface area contributed by atoms with Crippen LogP contribution in [0.4, 0.5) is 17.6 Å². The first-order valence-electron chi connectivity index (χ1n) is 5.60. The number of aromatic nitrogens is 2. The molecule has 0 atom stereocenters. The molecule has 0 bridgehead atoms. The fourth-order valence-electron chi connectivity index (χ4n) is 1.46. The molecule has 1 heterocycles. The fourth-order valence-corrected chi connectivity index (χ4v) is 1.46. The smallest absolute Gasteiger partial charge is 0.416 e. The molecule has 5 nitrogen and oxygen atoms in total. The molecular weight excluding hydrogens is 296 g/mol. The second kappa shape index (κ2) is 5.51. The van der Waals surface area contributed by atoms with Gasteiger partial charge in [-0.15, -0.1) is 0 Å². The highest BCUT2D eigenvalue weighted by Gasteiger charge is 2.32. The molecule has 2 rings (SSSR count). The summed E-state index contributed by atoms with van der Waals surface area (Å²) in [7, 11) is 0. The van der Waals surface area contributed by atoms with Crippen molar-refractivity contribution >= 4 is 5.97 Å². The van der Waals surface area contributed by atoms with Crippen LogP contribution in [0.3, 0.4) is 0 Å². The van der Waals surface area contributed by atoms with Crippen molar-refractivity contribution in [3.8, 4) is 0 Å². The third kappa shape index (κ3) is 3.56. The molecule has 0 fully saturated rings. The zero-order valence-corrected chi connectivity index (χ0v) is 10.6. The van der Waals surface area contributed by atoms with Crippen LogP contribution in [0.5, 0.6) is 0 Å². The fraction of sp³-hybridized carbons (Fsp3) is 0.250. The van der Waals surface area contributed by atoms with E-state index >= 15 is 0 Å². The average Bonchev–Trinajstić information content (AvgIpc) is 2.81. The topological polar surface area (TPSA) is 65.2 Å². The highest BCUT2D eigenvalue weighted by molar-refractivity contribution is 5.89. The Morgan fingerprint density at radius 2 is 2.10 bits per heavy atom. The maximum atomic E-state index is 13.4. The van der Waals surface area contributed by atoms with Gasteiger partial charge in [0.15, 0.2) is 12.4 Å². The van der Waals surface area contributed by atoms with E-state index < -0.39 is 35.7 Å². The lowest BCUT2D eigenvalue weighted by atomic mass is 10.1. The van der Waals surface area contributed by atoms with Crippen molar-refractivity contribution in [3.05, 3.63) is 46.9 Å². The quantitative estimate of drug-likeness (QED) is 0.644. The van der Waals surface area contributed by atoms with Gasteiger partial charge < -0.3 is 9.26 Å². The van der Waals surface area contributed by atoms with Crippen molar-refractivity contribution in [1.29, 1.82) is 0 Å². The summed E-state index contributed by atoms with van der Waals surface area (Å²) in [6.45, 7) is 1.07. The Morgan fingerprint density at radius 1 is 1.38 bits per heavy atom. The van der Waals surface area contributed by atoms with Crippen LogP contribution in [0.25, 0.3) is 0 Å². The maximum Gasteiger partial charge on any atom is 0.416 e. The van der Waals surface area contributed by atoms with Gasteiger partial charge in [-0.2, -0.15) is 18.2 Å². The molecule has 0 aliphatic rings. The Balaban J connectivity index is 2.15. The summed E-state index contributed by atoms with van der Waals surface area (Å²) in [4.78, 5) is 15.3. The summed E-state index contributed by atoms with van der Waals surface area (Å²) in [5.41, 5.74) is -1.97. The van der Waals surface area contributed by atoms with Crippen molar-refractivity contribution in [2.75, 3.05) is 0 Å². The summed E-state index contributed by atoms with van der Waals surface area (Å²) in [6.07, 6.45) is -4.69. The van der Waals surface area contributed by atoms with E-state index in [0.717, 1.165) is 0 Å². The molecule has 0 aliphatic carbocycles. The standard InChI is InChI=1S/C12H8F4N2O3/c1-6-17-10(21-18-6)5-20-11(19)8-4-7(12(14,15)16)2-3-9(8)13/h2-4H,5H2,1H3. The minimum absolute atomic E-state index is 0.0479. The largest absolute Gasteiger partial charge is 0.452 e. The van der Waals surface area contributed by atoms with Crippen LogP contribution >= 0.6 is 0 Å². The molecular formula is C12H8F4N2O3. The number of carbonyl (C=O) groups is 1. The SMILES string of the molecule is Cc1noc(COC(=O)c2cc(C(F)(F)F)ccc2F)n1. The van der Waals surface area contributed by atoms with Crippen LogP contribution in [0, 0.1) is 12.7 Å². The Kier molecular flexibility index (Phi) is 3.92. The van der Waals surface area contributed by atoms with Gasteiger partial charge in [-0.3, -0.25) is 0 Å². The molecule has 0 unspecified atom stereocenters. The van der Waals surface area contributed by atoms with Crippen molar-refractivity contribution in [2.24, 2.45) is 0 Å². The number of esters is 1. The number of benzene rings is 1. The van der Waals surface area contributed by atoms with Gasteiger partial charge in [0.1, 0.15) is 5.82 Å². The number of hydrogen-bond acceptors (Lipinski definition) is 5. The van der Waals surface area contributed by atoms with Crippen molar-refractivity contribution in [1.82, 2.24) is 10.1 Å². The van der Waals surface area contributed by atoms with Crippen LogP contribution < -0.4 is 0 Å². The van der Waals surface area contributed by atoms with Crippen LogP contribution in [-0.2, 0) is 17.5 Å². The number of nitrogens with zero attached hydrogens (tertiary/aromatic N) is 2. The Labute approximate surface area is 115 Å². The zero-order chi connectivity index (χ0) is 15.6. The molecule has 0 saturated carbocycles. The first-order chi connectivity index (χ1) is 9.77. The lowest BCUT2D eigenvalue weighted by Gasteiger charge is -2.09. The normalized spacial score (nSPS) is 11.5. The van der Waals surface area contributed by atoms with Gasteiger partial charge in [0, 0.05) is 0 Å². The highest BCUT2D eigenvalue weighted by atomic mass is 19.4. The van der Waals surface area contributed by atoms with E-state index in [-0.39, 0.29) is 5.89 Å². The van der Waals surface area contributed by atoms with Gasteiger partial charge >= 0.3 is 12.1 Å². The summed E-state index contributed by atoms with van der Waals surface area (Å²) in [5.74, 6) is -2.12. The summed E-state index contributed by atoms with van der Waals surface area (Å²) in [5, 5.41) is 3.43. The molecule has 2 aromatic rings. The summed E-state index contributed by atoms with van der Waals surface area (Å²) in [6, 6.07) is 1.47. The number of carbonyl (C=O) groups excluding carboxylic acids is 1. The van der Waals surface area contributed by atoms with Crippen molar-refractivity contribution in [3.63, 3.8) is 0 Å². The molecule has 21 heavy (non-hydrogen) atoms. The number of alkyl halides is 3. The monoisotopic (exact) mass is 304 g/mol. The van der Waals surface area contributed by atoms with Gasteiger partial charge in [-0.1, -0.05) is 5.16 Å². The maximum absolute atomic E-state index is 13.4. The zero-order valence-electron chi connectivity index (χ0n) is 10.6. The molecule has 9 heteroatoms. The predicted octanol–water partition coefficient (Wildman–Crippen LogP) is 2.89. The Morgan fingerprint density at radius 3 is 2.67 bits per heavy atom. The van der Waals surface area contributed by atoms with E-state index in [4.69, 9.17) is 0 Å². The molecule has 0 spiro atoms. The molecule has 0 N–H and O–H groups in total. The second-order valence-corrected chi connectivity index (χ2v) is 4.00. The number of rotatable bonds is 3. The van der Waals surface area contributed by atoms with E-state index in [1.807, 2.05) is 0 Å². The van der Waals surface area contributed by atoms with Crippen LogP contribution in [-0.4, -0.2) is 16.1 Å². The lowest BCUT2D eigenvalue weighted by molar-refractivity contribution is -0.137. The molecule has 0 aliphatic heterocycles. The number of halogens is 4. The minimum atomic E-state index is -4.69. The summed E-state index contributed by atoms with van der Waals surface area (Å²) >= 11 is 0. The van der Waals surface area contributed by atoms with E-state index in [0.29, 0.717) is 24.0 Å². The van der Waals surface area contributed by atoms with Gasteiger partial charge in [0.05, 0.1) is 11.1 Å². The summed E-state index contributed by atoms with van der Waals surface area (Å²) < 4.78 is 60.2. The lowest BCUT2D eigenvalue weighted by Crippen LogP contribution is -2.12. The van der Waals surface area contributed by atoms with E-state index in [9.17, 15) is 22.4 Å². The number of ether oxygens (including phenoxy) is 1. The molecule has 1 aromatic carbocycles. The first kappa shape index (κ1) is 14.9. The van der Waals surface area contributed by atoms with E-state index in [2.05, 4.69) is 19.4 Å². The van der Waals surface area contributed by atoms with Gasteiger partial charge in [-0.05, 0) is 25.1 Å². The minimum Gasteiger partial charge on any atom is -0.452 e. The van der Waals surface area contributed by atoms with Gasteiger partial charge in [0.2, 0.25) is 0 Å². The number of aryl methyl sites for hydroxylation is 1. The van der Waals surface area contributed by atoms with E-state index in [1.54, 1.807) is 0 Å². The number of hydrogen-bond donors (Lipinski definition) is 0. The second-order valence-electron chi connectivity index (χ2n) is 4.00. The average molecular weight is 304 g/mol. The van der Waals surface area contributed by atoms with Crippen LogP contribution in [0.15, 0.2) is 22.7 Å². The Hall–Kier alpha value is -2.45.